The van der Waals surface area contributed by atoms with Crippen molar-refractivity contribution in [3.05, 3.63) is 48.0 Å². The maximum Gasteiger partial charge on any atom is 0.311 e. The molecule has 0 aliphatic carbocycles. The Morgan fingerprint density at radius 2 is 1.50 bits per heavy atom. The predicted octanol–water partition coefficient (Wildman–Crippen LogP) is 3.89. The quantitative estimate of drug-likeness (QED) is 0.605. The van der Waals surface area contributed by atoms with Crippen molar-refractivity contribution in [2.45, 2.75) is 32.3 Å². The molecule has 2 rings (SSSR count). The number of hydrogen-bond acceptors (Lipinski definition) is 5. The lowest BCUT2D eigenvalue weighted by molar-refractivity contribution is -0.139. The van der Waals surface area contributed by atoms with Crippen molar-refractivity contribution in [1.82, 2.24) is 0 Å². The minimum atomic E-state index is -4.32. The summed E-state index contributed by atoms with van der Waals surface area (Å²) in [5, 5.41) is 10.1. The molecule has 164 valence electrons. The van der Waals surface area contributed by atoms with E-state index in [2.05, 4.69) is 0 Å². The zero-order chi connectivity index (χ0) is 22.7. The number of rotatable bonds is 8. The summed E-state index contributed by atoms with van der Waals surface area (Å²) in [6.07, 6.45) is 0. The van der Waals surface area contributed by atoms with Crippen LogP contribution in [0.3, 0.4) is 0 Å². The highest BCUT2D eigenvalue weighted by atomic mass is 31.2. The number of carboxylic acid groups (broad SMARTS) is 1. The molecule has 0 saturated heterocycles. The molecule has 2 aromatic carbocycles. The Balaban J connectivity index is 2.80. The fourth-order valence-electron chi connectivity index (χ4n) is 3.83. The molecule has 0 bridgehead atoms. The molecule has 0 aliphatic heterocycles. The topological polar surface area (TPSA) is 102 Å². The van der Waals surface area contributed by atoms with Gasteiger partial charge in [-0.3, -0.25) is 9.36 Å². The first-order valence-electron chi connectivity index (χ1n) is 9.40. The number of benzene rings is 2. The van der Waals surface area contributed by atoms with Crippen LogP contribution in [-0.4, -0.2) is 43.0 Å². The van der Waals surface area contributed by atoms with Gasteiger partial charge in [0.1, 0.15) is 0 Å². The number of hydrogen-bond donors (Lipinski definition) is 2. The summed E-state index contributed by atoms with van der Waals surface area (Å²) < 4.78 is 30.1. The highest BCUT2D eigenvalue weighted by molar-refractivity contribution is 7.67. The SMILES string of the molecule is COc1ccc(P(=O)(O)C(C(C(=O)O)c2ccccc2)C(C)(C)C)c(OC)c1OC. The lowest BCUT2D eigenvalue weighted by atomic mass is 9.80. The Morgan fingerprint density at radius 3 is 1.93 bits per heavy atom. The number of carbonyl (C=O) groups is 1. The van der Waals surface area contributed by atoms with Gasteiger partial charge in [0.2, 0.25) is 13.1 Å². The third-order valence-corrected chi connectivity index (χ3v) is 7.90. The van der Waals surface area contributed by atoms with Gasteiger partial charge in [0.15, 0.2) is 11.5 Å². The van der Waals surface area contributed by atoms with Crippen LogP contribution in [0.5, 0.6) is 17.2 Å². The van der Waals surface area contributed by atoms with Gasteiger partial charge in [-0.25, -0.2) is 0 Å². The second-order valence-corrected chi connectivity index (χ2v) is 10.3. The van der Waals surface area contributed by atoms with Crippen LogP contribution < -0.4 is 19.5 Å². The van der Waals surface area contributed by atoms with Crippen LogP contribution in [0.2, 0.25) is 0 Å². The van der Waals surface area contributed by atoms with E-state index in [1.807, 2.05) is 0 Å². The normalized spacial score (nSPS) is 15.6. The first-order chi connectivity index (χ1) is 14.0. The number of methoxy groups -OCH3 is 3. The molecule has 0 fully saturated rings. The summed E-state index contributed by atoms with van der Waals surface area (Å²) in [7, 11) is -0.110. The van der Waals surface area contributed by atoms with E-state index in [9.17, 15) is 19.4 Å². The maximum atomic E-state index is 14.0. The van der Waals surface area contributed by atoms with Gasteiger partial charge in [0.05, 0.1) is 38.2 Å². The zero-order valence-electron chi connectivity index (χ0n) is 18.1. The van der Waals surface area contributed by atoms with Crippen molar-refractivity contribution in [1.29, 1.82) is 0 Å². The number of carboxylic acids is 1. The van der Waals surface area contributed by atoms with Gasteiger partial charge >= 0.3 is 5.97 Å². The lowest BCUT2D eigenvalue weighted by Gasteiger charge is -2.38. The first kappa shape index (κ1) is 23.8. The molecule has 8 heteroatoms. The second kappa shape index (κ2) is 9.11. The molecule has 0 amide bonds. The molecule has 0 saturated carbocycles. The Morgan fingerprint density at radius 1 is 0.933 bits per heavy atom. The molecule has 3 atom stereocenters. The van der Waals surface area contributed by atoms with E-state index in [1.54, 1.807) is 51.1 Å². The molecule has 30 heavy (non-hydrogen) atoms. The van der Waals surface area contributed by atoms with Crippen LogP contribution >= 0.6 is 7.37 Å². The van der Waals surface area contributed by atoms with Crippen molar-refractivity contribution in [3.8, 4) is 17.2 Å². The highest BCUT2D eigenvalue weighted by Gasteiger charge is 2.51. The summed E-state index contributed by atoms with van der Waals surface area (Å²) in [4.78, 5) is 23.8. The predicted molar refractivity (Wildman–Crippen MR) is 116 cm³/mol. The van der Waals surface area contributed by atoms with Crippen molar-refractivity contribution in [3.63, 3.8) is 0 Å². The average molecular weight is 436 g/mol. The maximum absolute atomic E-state index is 14.0. The molecule has 0 aliphatic rings. The minimum absolute atomic E-state index is 0.00949. The third-order valence-electron chi connectivity index (χ3n) is 5.03. The Kier molecular flexibility index (Phi) is 7.22. The fraction of sp³-hybridized carbons (Fsp3) is 0.409. The zero-order valence-corrected chi connectivity index (χ0v) is 19.0. The van der Waals surface area contributed by atoms with Gasteiger partial charge in [-0.2, -0.15) is 0 Å². The molecule has 0 aromatic heterocycles. The van der Waals surface area contributed by atoms with Crippen LogP contribution in [0.1, 0.15) is 32.3 Å². The number of ether oxygens (including phenoxy) is 3. The van der Waals surface area contributed by atoms with Gasteiger partial charge < -0.3 is 24.2 Å². The summed E-state index contributed by atoms with van der Waals surface area (Å²) in [5.74, 6) is -1.82. The Bertz CT molecular complexity index is 934. The summed E-state index contributed by atoms with van der Waals surface area (Å²) in [6.45, 7) is 5.27. The lowest BCUT2D eigenvalue weighted by Crippen LogP contribution is -2.39. The summed E-state index contributed by atoms with van der Waals surface area (Å²) in [6, 6.07) is 11.5. The molecular formula is C22H29O7P. The molecule has 2 N–H and O–H groups in total. The fourth-order valence-corrected chi connectivity index (χ4v) is 6.66. The van der Waals surface area contributed by atoms with Crippen molar-refractivity contribution in [2.24, 2.45) is 5.41 Å². The molecule has 0 spiro atoms. The third kappa shape index (κ3) is 4.47. The molecule has 0 heterocycles. The highest BCUT2D eigenvalue weighted by Crippen LogP contribution is 2.60. The minimum Gasteiger partial charge on any atom is -0.493 e. The van der Waals surface area contributed by atoms with Crippen LogP contribution in [0, 0.1) is 5.41 Å². The van der Waals surface area contributed by atoms with Crippen molar-refractivity contribution >= 4 is 18.6 Å². The molecular weight excluding hydrogens is 407 g/mol. The molecule has 0 radical (unpaired) electrons. The van der Waals surface area contributed by atoms with Crippen molar-refractivity contribution < 1.29 is 33.6 Å². The monoisotopic (exact) mass is 436 g/mol. The first-order valence-corrected chi connectivity index (χ1v) is 11.1. The smallest absolute Gasteiger partial charge is 0.311 e. The van der Waals surface area contributed by atoms with Gasteiger partial charge in [0, 0.05) is 0 Å². The van der Waals surface area contributed by atoms with E-state index < -0.39 is 30.3 Å². The van der Waals surface area contributed by atoms with Gasteiger partial charge in [0.25, 0.3) is 0 Å². The van der Waals surface area contributed by atoms with Gasteiger partial charge in [-0.1, -0.05) is 51.1 Å². The van der Waals surface area contributed by atoms with Crippen LogP contribution in [0.25, 0.3) is 0 Å². The van der Waals surface area contributed by atoms with E-state index in [-0.39, 0.29) is 16.8 Å². The second-order valence-electron chi connectivity index (χ2n) is 8.01. The largest absolute Gasteiger partial charge is 0.493 e. The van der Waals surface area contributed by atoms with Crippen LogP contribution in [-0.2, 0) is 9.36 Å². The van der Waals surface area contributed by atoms with Gasteiger partial charge in [-0.05, 0) is 23.1 Å². The molecule has 2 aromatic rings. The summed E-state index contributed by atoms with van der Waals surface area (Å²) >= 11 is 0. The van der Waals surface area contributed by atoms with Gasteiger partial charge in [-0.15, -0.1) is 0 Å². The molecule has 3 unspecified atom stereocenters. The van der Waals surface area contributed by atoms with E-state index in [4.69, 9.17) is 14.2 Å². The molecule has 7 nitrogen and oxygen atoms in total. The van der Waals surface area contributed by atoms with E-state index in [0.29, 0.717) is 11.3 Å². The van der Waals surface area contributed by atoms with Crippen molar-refractivity contribution in [2.75, 3.05) is 21.3 Å². The number of aliphatic carboxylic acids is 1. The van der Waals surface area contributed by atoms with E-state index in [0.717, 1.165) is 0 Å². The van der Waals surface area contributed by atoms with Crippen LogP contribution in [0.4, 0.5) is 0 Å². The Labute approximate surface area is 177 Å². The average Bonchev–Trinajstić information content (AvgIpc) is 2.69. The Hall–Kier alpha value is -2.50. The van der Waals surface area contributed by atoms with Crippen LogP contribution in [0.15, 0.2) is 42.5 Å². The standard InChI is InChI=1S/C22H29O7P/c1-22(2,3)20(17(21(23)24)14-10-8-7-9-11-14)30(25,26)16-13-12-15(27-4)18(28-5)19(16)29-6/h7-13,17,20H,1-6H3,(H,23,24)(H,25,26). The van der Waals surface area contributed by atoms with E-state index in [1.165, 1.54) is 33.5 Å². The van der Waals surface area contributed by atoms with E-state index >= 15 is 0 Å². The summed E-state index contributed by atoms with van der Waals surface area (Å²) in [5.41, 5.74) is -1.52.